The zero-order valence-corrected chi connectivity index (χ0v) is 16.7. The monoisotopic (exact) mass is 406 g/mol. The van der Waals surface area contributed by atoms with Crippen LogP contribution in [0.2, 0.25) is 0 Å². The van der Waals surface area contributed by atoms with E-state index in [-0.39, 0.29) is 18.9 Å². The highest BCUT2D eigenvalue weighted by Gasteiger charge is 2.21. The van der Waals surface area contributed by atoms with Gasteiger partial charge in [-0.3, -0.25) is 9.36 Å². The van der Waals surface area contributed by atoms with Crippen LogP contribution in [0.25, 0.3) is 11.1 Å². The summed E-state index contributed by atoms with van der Waals surface area (Å²) in [5.74, 6) is 0.769. The van der Waals surface area contributed by atoms with Crippen LogP contribution < -0.4 is 15.8 Å². The molecule has 2 aromatic carbocycles. The molecule has 0 radical (unpaired) electrons. The molecule has 1 amide bonds. The SMILES string of the molecule is COc1ccc([C@@H](NC(=O)CCn2c(=O)oc3ccccc32)c2nccn2C)cc1. The van der Waals surface area contributed by atoms with Gasteiger partial charge in [0.25, 0.3) is 0 Å². The Bertz CT molecular complexity index is 1220. The number of fused-ring (bicyclic) bond motifs is 1. The van der Waals surface area contributed by atoms with Crippen molar-refractivity contribution in [3.8, 4) is 5.75 Å². The predicted octanol–water partition coefficient (Wildman–Crippen LogP) is 2.63. The van der Waals surface area contributed by atoms with Crippen molar-refractivity contribution >= 4 is 17.0 Å². The first-order valence-electron chi connectivity index (χ1n) is 9.55. The lowest BCUT2D eigenvalue weighted by molar-refractivity contribution is -0.121. The average Bonchev–Trinajstić information content (AvgIpc) is 3.32. The second kappa shape index (κ2) is 8.28. The largest absolute Gasteiger partial charge is 0.497 e. The smallest absolute Gasteiger partial charge is 0.419 e. The van der Waals surface area contributed by atoms with E-state index in [4.69, 9.17) is 9.15 Å². The number of aryl methyl sites for hydroxylation is 2. The molecule has 8 nitrogen and oxygen atoms in total. The number of nitrogens with zero attached hydrogens (tertiary/aromatic N) is 3. The number of nitrogens with one attached hydrogen (secondary N) is 1. The van der Waals surface area contributed by atoms with Crippen molar-refractivity contribution in [2.45, 2.75) is 19.0 Å². The zero-order chi connectivity index (χ0) is 21.1. The molecule has 4 aromatic rings. The topological polar surface area (TPSA) is 91.3 Å². The molecule has 1 N–H and O–H groups in total. The predicted molar refractivity (Wildman–Crippen MR) is 111 cm³/mol. The van der Waals surface area contributed by atoms with Crippen molar-refractivity contribution in [3.63, 3.8) is 0 Å². The lowest BCUT2D eigenvalue weighted by Crippen LogP contribution is -2.32. The highest BCUT2D eigenvalue weighted by atomic mass is 16.5. The summed E-state index contributed by atoms with van der Waals surface area (Å²) in [4.78, 5) is 29.3. The van der Waals surface area contributed by atoms with E-state index >= 15 is 0 Å². The van der Waals surface area contributed by atoms with Crippen LogP contribution in [0.1, 0.15) is 23.9 Å². The van der Waals surface area contributed by atoms with Crippen molar-refractivity contribution in [1.29, 1.82) is 0 Å². The van der Waals surface area contributed by atoms with Crippen LogP contribution in [0.5, 0.6) is 5.75 Å². The number of amides is 1. The fourth-order valence-corrected chi connectivity index (χ4v) is 3.42. The van der Waals surface area contributed by atoms with Crippen molar-refractivity contribution in [2.24, 2.45) is 7.05 Å². The average molecular weight is 406 g/mol. The molecule has 4 rings (SSSR count). The normalized spacial score (nSPS) is 12.1. The van der Waals surface area contributed by atoms with E-state index in [0.29, 0.717) is 16.9 Å². The van der Waals surface area contributed by atoms with Crippen LogP contribution in [0.4, 0.5) is 0 Å². The fraction of sp³-hybridized carbons (Fsp3) is 0.227. The molecular weight excluding hydrogens is 384 g/mol. The molecule has 0 saturated carbocycles. The molecule has 1 atom stereocenters. The minimum absolute atomic E-state index is 0.126. The summed E-state index contributed by atoms with van der Waals surface area (Å²) in [6.45, 7) is 0.220. The van der Waals surface area contributed by atoms with Gasteiger partial charge in [0.15, 0.2) is 5.58 Å². The van der Waals surface area contributed by atoms with Gasteiger partial charge in [-0.25, -0.2) is 9.78 Å². The quantitative estimate of drug-likeness (QED) is 0.509. The number of hydrogen-bond donors (Lipinski definition) is 1. The third kappa shape index (κ3) is 3.84. The summed E-state index contributed by atoms with van der Waals surface area (Å²) in [5.41, 5.74) is 2.06. The molecule has 154 valence electrons. The van der Waals surface area contributed by atoms with Gasteiger partial charge in [-0.05, 0) is 29.8 Å². The van der Waals surface area contributed by atoms with E-state index in [1.807, 2.05) is 48.1 Å². The van der Waals surface area contributed by atoms with Gasteiger partial charge < -0.3 is 19.0 Å². The number of hydrogen-bond acceptors (Lipinski definition) is 5. The summed E-state index contributed by atoms with van der Waals surface area (Å²) >= 11 is 0. The maximum absolute atomic E-state index is 12.8. The summed E-state index contributed by atoms with van der Waals surface area (Å²) in [6.07, 6.45) is 3.64. The number of oxazole rings is 1. The molecule has 0 spiro atoms. The van der Waals surface area contributed by atoms with E-state index in [9.17, 15) is 9.59 Å². The number of rotatable bonds is 7. The molecule has 30 heavy (non-hydrogen) atoms. The summed E-state index contributed by atoms with van der Waals surface area (Å²) in [5, 5.41) is 3.03. The Morgan fingerprint density at radius 1 is 1.20 bits per heavy atom. The minimum atomic E-state index is -0.472. The van der Waals surface area contributed by atoms with Crippen molar-refractivity contribution in [2.75, 3.05) is 7.11 Å². The number of para-hydroxylation sites is 2. The Kier molecular flexibility index (Phi) is 5.38. The number of carbonyl (C=O) groups is 1. The van der Waals surface area contributed by atoms with Gasteiger partial charge in [0.05, 0.1) is 12.6 Å². The van der Waals surface area contributed by atoms with Gasteiger partial charge >= 0.3 is 5.76 Å². The van der Waals surface area contributed by atoms with Gasteiger partial charge in [0, 0.05) is 32.4 Å². The minimum Gasteiger partial charge on any atom is -0.497 e. The second-order valence-corrected chi connectivity index (χ2v) is 6.91. The molecule has 0 aliphatic carbocycles. The van der Waals surface area contributed by atoms with Crippen LogP contribution >= 0.6 is 0 Å². The summed E-state index contributed by atoms with van der Waals surface area (Å²) in [7, 11) is 3.48. The third-order valence-corrected chi connectivity index (χ3v) is 5.01. The van der Waals surface area contributed by atoms with Crippen LogP contribution in [0, 0.1) is 0 Å². The zero-order valence-electron chi connectivity index (χ0n) is 16.7. The van der Waals surface area contributed by atoms with Crippen LogP contribution in [-0.2, 0) is 18.4 Å². The molecule has 0 bridgehead atoms. The first-order chi connectivity index (χ1) is 14.6. The molecule has 0 aliphatic rings. The van der Waals surface area contributed by atoms with E-state index in [0.717, 1.165) is 11.3 Å². The van der Waals surface area contributed by atoms with Gasteiger partial charge in [-0.1, -0.05) is 24.3 Å². The maximum atomic E-state index is 12.8. The Balaban J connectivity index is 1.53. The second-order valence-electron chi connectivity index (χ2n) is 6.91. The standard InChI is InChI=1S/C22H22N4O4/c1-25-14-12-23-21(25)20(15-7-9-16(29-2)10-8-15)24-19(27)11-13-26-17-5-3-4-6-18(17)30-22(26)28/h3-10,12,14,20H,11,13H2,1-2H3,(H,24,27)/t20-/m1/s1. The highest BCUT2D eigenvalue weighted by Crippen LogP contribution is 2.23. The van der Waals surface area contributed by atoms with E-state index in [1.54, 1.807) is 31.5 Å². The number of carbonyl (C=O) groups excluding carboxylic acids is 1. The van der Waals surface area contributed by atoms with Crippen molar-refractivity contribution < 1.29 is 13.9 Å². The van der Waals surface area contributed by atoms with Gasteiger partial charge in [-0.2, -0.15) is 0 Å². The molecule has 0 unspecified atom stereocenters. The van der Waals surface area contributed by atoms with Crippen LogP contribution in [-0.4, -0.2) is 27.1 Å². The Hall–Kier alpha value is -3.81. The molecule has 2 aromatic heterocycles. The molecular formula is C22H22N4O4. The van der Waals surface area contributed by atoms with Gasteiger partial charge in [0.2, 0.25) is 5.91 Å². The van der Waals surface area contributed by atoms with Gasteiger partial charge in [-0.15, -0.1) is 0 Å². The van der Waals surface area contributed by atoms with E-state index in [2.05, 4.69) is 10.3 Å². The highest BCUT2D eigenvalue weighted by molar-refractivity contribution is 5.77. The number of benzene rings is 2. The lowest BCUT2D eigenvalue weighted by atomic mass is 10.1. The molecule has 0 fully saturated rings. The van der Waals surface area contributed by atoms with E-state index in [1.165, 1.54) is 4.57 Å². The Morgan fingerprint density at radius 2 is 1.97 bits per heavy atom. The van der Waals surface area contributed by atoms with Gasteiger partial charge in [0.1, 0.15) is 17.6 Å². The Morgan fingerprint density at radius 3 is 2.67 bits per heavy atom. The summed E-state index contributed by atoms with van der Waals surface area (Å²) in [6, 6.07) is 14.2. The van der Waals surface area contributed by atoms with E-state index < -0.39 is 11.8 Å². The van der Waals surface area contributed by atoms with Crippen molar-refractivity contribution in [3.05, 3.63) is 82.9 Å². The van der Waals surface area contributed by atoms with Crippen molar-refractivity contribution in [1.82, 2.24) is 19.4 Å². The van der Waals surface area contributed by atoms with Crippen LogP contribution in [0.3, 0.4) is 0 Å². The number of imidazole rings is 1. The first-order valence-corrected chi connectivity index (χ1v) is 9.55. The fourth-order valence-electron chi connectivity index (χ4n) is 3.42. The number of aromatic nitrogens is 3. The first kappa shape index (κ1) is 19.5. The maximum Gasteiger partial charge on any atom is 0.419 e. The molecule has 0 aliphatic heterocycles. The van der Waals surface area contributed by atoms with Crippen LogP contribution in [0.15, 0.2) is 70.1 Å². The number of ether oxygens (including phenoxy) is 1. The molecule has 0 saturated heterocycles. The molecule has 8 heteroatoms. The Labute approximate surface area is 172 Å². The summed E-state index contributed by atoms with van der Waals surface area (Å²) < 4.78 is 13.8. The lowest BCUT2D eigenvalue weighted by Gasteiger charge is -2.19. The molecule has 2 heterocycles. The third-order valence-electron chi connectivity index (χ3n) is 5.01. The number of methoxy groups -OCH3 is 1.